The second-order valence-electron chi connectivity index (χ2n) is 7.54. The number of amides is 1. The van der Waals surface area contributed by atoms with Crippen molar-refractivity contribution in [1.82, 2.24) is 9.80 Å². The van der Waals surface area contributed by atoms with Crippen LogP contribution in [0.1, 0.15) is 17.2 Å². The quantitative estimate of drug-likeness (QED) is 0.368. The van der Waals surface area contributed by atoms with Gasteiger partial charge in [0.15, 0.2) is 0 Å². The fraction of sp³-hybridized carbons (Fsp3) is 0.304. The predicted octanol–water partition coefficient (Wildman–Crippen LogP) is 3.99. The molecule has 1 fully saturated rings. The summed E-state index contributed by atoms with van der Waals surface area (Å²) in [6.45, 7) is 0.824. The molecule has 3 rings (SSSR count). The number of rotatable bonds is 7. The zero-order valence-electron chi connectivity index (χ0n) is 18.2. The van der Waals surface area contributed by atoms with Gasteiger partial charge in [-0.15, -0.1) is 0 Å². The van der Waals surface area contributed by atoms with Gasteiger partial charge in [-0.05, 0) is 43.9 Å². The van der Waals surface area contributed by atoms with Gasteiger partial charge in [-0.25, -0.2) is 0 Å². The first-order valence-electron chi connectivity index (χ1n) is 9.80. The third kappa shape index (κ3) is 4.55. The van der Waals surface area contributed by atoms with Crippen LogP contribution in [-0.2, 0) is 9.59 Å². The number of benzene rings is 2. The van der Waals surface area contributed by atoms with Crippen molar-refractivity contribution >= 4 is 40.7 Å². The van der Waals surface area contributed by atoms with Gasteiger partial charge in [0.05, 0.1) is 36.4 Å². The molecular weight excluding hydrogens is 455 g/mol. The molecule has 1 saturated heterocycles. The third-order valence-corrected chi connectivity index (χ3v) is 5.73. The smallest absolute Gasteiger partial charge is 0.295 e. The molecule has 0 saturated carbocycles. The van der Waals surface area contributed by atoms with Crippen molar-refractivity contribution in [2.75, 3.05) is 41.4 Å². The van der Waals surface area contributed by atoms with Gasteiger partial charge >= 0.3 is 0 Å². The highest BCUT2D eigenvalue weighted by Crippen LogP contribution is 2.43. The van der Waals surface area contributed by atoms with Crippen molar-refractivity contribution in [3.63, 3.8) is 0 Å². The van der Waals surface area contributed by atoms with Gasteiger partial charge in [-0.1, -0.05) is 35.3 Å². The minimum atomic E-state index is -0.802. The molecule has 1 atom stereocenters. The van der Waals surface area contributed by atoms with E-state index in [0.29, 0.717) is 24.4 Å². The normalized spacial score (nSPS) is 17.8. The first kappa shape index (κ1) is 23.9. The van der Waals surface area contributed by atoms with Crippen molar-refractivity contribution in [1.29, 1.82) is 0 Å². The number of nitrogens with zero attached hydrogens (tertiary/aromatic N) is 2. The molecular formula is C23H24Cl2N2O5. The maximum atomic E-state index is 13.1. The van der Waals surface area contributed by atoms with Crippen LogP contribution in [-0.4, -0.2) is 68.0 Å². The lowest BCUT2D eigenvalue weighted by Crippen LogP contribution is -2.35. The van der Waals surface area contributed by atoms with E-state index < -0.39 is 23.5 Å². The minimum Gasteiger partial charge on any atom is -0.507 e. The number of halogens is 2. The molecule has 0 spiro atoms. The first-order valence-corrected chi connectivity index (χ1v) is 10.6. The fourth-order valence-electron chi connectivity index (χ4n) is 3.64. The molecule has 7 nitrogen and oxygen atoms in total. The average molecular weight is 479 g/mol. The number of ketones is 1. The topological polar surface area (TPSA) is 79.3 Å². The van der Waals surface area contributed by atoms with Crippen molar-refractivity contribution in [2.24, 2.45) is 0 Å². The number of hydrogen-bond donors (Lipinski definition) is 1. The van der Waals surface area contributed by atoms with Crippen LogP contribution in [0.3, 0.4) is 0 Å². The van der Waals surface area contributed by atoms with Gasteiger partial charge in [0.25, 0.3) is 11.7 Å². The maximum Gasteiger partial charge on any atom is 0.295 e. The highest BCUT2D eigenvalue weighted by molar-refractivity contribution is 6.46. The van der Waals surface area contributed by atoms with E-state index in [1.54, 1.807) is 31.4 Å². The summed E-state index contributed by atoms with van der Waals surface area (Å²) in [6, 6.07) is 9.09. The van der Waals surface area contributed by atoms with Crippen LogP contribution in [0.25, 0.3) is 5.76 Å². The van der Waals surface area contributed by atoms with Crippen molar-refractivity contribution in [3.8, 4) is 11.5 Å². The molecule has 1 amide bonds. The number of ether oxygens (including phenoxy) is 2. The Hall–Kier alpha value is -2.74. The fourth-order valence-corrected chi connectivity index (χ4v) is 4.21. The monoisotopic (exact) mass is 478 g/mol. The highest BCUT2D eigenvalue weighted by Gasteiger charge is 2.46. The van der Waals surface area contributed by atoms with E-state index >= 15 is 0 Å². The van der Waals surface area contributed by atoms with E-state index in [2.05, 4.69) is 0 Å². The van der Waals surface area contributed by atoms with E-state index in [0.717, 1.165) is 0 Å². The summed E-state index contributed by atoms with van der Waals surface area (Å²) in [5.74, 6) is -1.11. The number of methoxy groups -OCH3 is 2. The Morgan fingerprint density at radius 1 is 1.09 bits per heavy atom. The number of likely N-dealkylation sites (tertiary alicyclic amines) is 1. The van der Waals surface area contributed by atoms with E-state index in [9.17, 15) is 14.7 Å². The van der Waals surface area contributed by atoms with E-state index in [4.69, 9.17) is 32.7 Å². The second kappa shape index (κ2) is 9.81. The van der Waals surface area contributed by atoms with Crippen LogP contribution in [0.2, 0.25) is 10.0 Å². The third-order valence-electron chi connectivity index (χ3n) is 5.23. The lowest BCUT2D eigenvalue weighted by molar-refractivity contribution is -0.140. The Morgan fingerprint density at radius 2 is 1.75 bits per heavy atom. The molecule has 1 unspecified atom stereocenters. The van der Waals surface area contributed by atoms with Gasteiger partial charge in [0.1, 0.15) is 17.3 Å². The number of aliphatic hydroxyl groups is 1. The summed E-state index contributed by atoms with van der Waals surface area (Å²) in [5.41, 5.74) is 0.724. The van der Waals surface area contributed by atoms with Crippen molar-refractivity contribution < 1.29 is 24.2 Å². The Kier molecular flexibility index (Phi) is 7.33. The van der Waals surface area contributed by atoms with Crippen LogP contribution in [0.4, 0.5) is 0 Å². The van der Waals surface area contributed by atoms with Gasteiger partial charge < -0.3 is 24.4 Å². The lowest BCUT2D eigenvalue weighted by Gasteiger charge is -2.26. The van der Waals surface area contributed by atoms with E-state index in [-0.39, 0.29) is 26.9 Å². The summed E-state index contributed by atoms with van der Waals surface area (Å²) < 4.78 is 10.6. The highest BCUT2D eigenvalue weighted by atomic mass is 35.5. The standard InChI is InChI=1S/C23H24Cl2N2O5/c1-26(2)9-10-27-19(13-5-7-15(31-3)8-6-13)18(21(29)23(27)30)20(28)16-11-14(24)12-17(25)22(16)32-4/h5-8,11-12,19,28H,9-10H2,1-4H3/b20-18+. The Balaban J connectivity index is 2.23. The molecule has 170 valence electrons. The van der Waals surface area contributed by atoms with Gasteiger partial charge in [0, 0.05) is 18.1 Å². The van der Waals surface area contributed by atoms with Crippen molar-refractivity contribution in [3.05, 3.63) is 63.1 Å². The second-order valence-corrected chi connectivity index (χ2v) is 8.38. The number of carbonyl (C=O) groups excluding carboxylic acids is 2. The zero-order chi connectivity index (χ0) is 23.6. The number of hydrogen-bond acceptors (Lipinski definition) is 6. The molecule has 1 N–H and O–H groups in total. The van der Waals surface area contributed by atoms with Crippen LogP contribution < -0.4 is 9.47 Å². The van der Waals surface area contributed by atoms with Crippen LogP contribution in [0.15, 0.2) is 42.0 Å². The molecule has 32 heavy (non-hydrogen) atoms. The maximum absolute atomic E-state index is 13.1. The predicted molar refractivity (Wildman–Crippen MR) is 124 cm³/mol. The van der Waals surface area contributed by atoms with Crippen LogP contribution in [0, 0.1) is 0 Å². The Bertz CT molecular complexity index is 1070. The molecule has 9 heteroatoms. The SMILES string of the molecule is COc1ccc(C2/C(=C(\O)c3cc(Cl)cc(Cl)c3OC)C(=O)C(=O)N2CCN(C)C)cc1. The Labute approximate surface area is 196 Å². The summed E-state index contributed by atoms with van der Waals surface area (Å²) in [4.78, 5) is 29.4. The van der Waals surface area contributed by atoms with Gasteiger partial charge in [-0.2, -0.15) is 0 Å². The molecule has 0 radical (unpaired) electrons. The summed E-state index contributed by atoms with van der Waals surface area (Å²) >= 11 is 12.4. The molecule has 0 bridgehead atoms. The number of aliphatic hydroxyl groups excluding tert-OH is 1. The lowest BCUT2D eigenvalue weighted by atomic mass is 9.95. The summed E-state index contributed by atoms with van der Waals surface area (Å²) in [6.07, 6.45) is 0. The van der Waals surface area contributed by atoms with Crippen LogP contribution >= 0.6 is 23.2 Å². The van der Waals surface area contributed by atoms with E-state index in [1.165, 1.54) is 24.1 Å². The zero-order valence-corrected chi connectivity index (χ0v) is 19.7. The summed E-state index contributed by atoms with van der Waals surface area (Å²) in [7, 11) is 6.69. The first-order chi connectivity index (χ1) is 15.2. The van der Waals surface area contributed by atoms with Gasteiger partial charge in [0.2, 0.25) is 0 Å². The number of likely N-dealkylation sites (N-methyl/N-ethyl adjacent to an activating group) is 1. The molecule has 1 heterocycles. The van der Waals surface area contributed by atoms with Crippen LogP contribution in [0.5, 0.6) is 11.5 Å². The molecule has 1 aliphatic heterocycles. The molecule has 2 aromatic rings. The summed E-state index contributed by atoms with van der Waals surface area (Å²) in [5, 5.41) is 11.7. The largest absolute Gasteiger partial charge is 0.507 e. The minimum absolute atomic E-state index is 0.0597. The average Bonchev–Trinajstić information content (AvgIpc) is 3.01. The number of Topliss-reactive ketones (excluding diaryl/α,β-unsaturated/α-hetero) is 1. The van der Waals surface area contributed by atoms with E-state index in [1.807, 2.05) is 19.0 Å². The molecule has 0 aliphatic carbocycles. The molecule has 0 aromatic heterocycles. The molecule has 2 aromatic carbocycles. The number of carbonyl (C=O) groups is 2. The Morgan fingerprint density at radius 3 is 2.31 bits per heavy atom. The van der Waals surface area contributed by atoms with Gasteiger partial charge in [-0.3, -0.25) is 9.59 Å². The molecule has 1 aliphatic rings. The van der Waals surface area contributed by atoms with Crippen molar-refractivity contribution in [2.45, 2.75) is 6.04 Å².